The van der Waals surface area contributed by atoms with Crippen molar-refractivity contribution in [2.45, 2.75) is 33.1 Å². The van der Waals surface area contributed by atoms with Gasteiger partial charge < -0.3 is 15.0 Å². The molecule has 0 unspecified atom stereocenters. The van der Waals surface area contributed by atoms with Gasteiger partial charge in [0.05, 0.1) is 16.3 Å². The zero-order valence-corrected chi connectivity index (χ0v) is 25.5. The van der Waals surface area contributed by atoms with Crippen molar-refractivity contribution in [1.29, 1.82) is 5.26 Å². The fourth-order valence-corrected chi connectivity index (χ4v) is 5.78. The van der Waals surface area contributed by atoms with Crippen molar-refractivity contribution in [1.82, 2.24) is 20.1 Å². The number of hydrogen-bond donors (Lipinski definition) is 1. The van der Waals surface area contributed by atoms with Crippen LogP contribution in [0.15, 0.2) is 90.4 Å². The lowest BCUT2D eigenvalue weighted by molar-refractivity contribution is -0.274. The van der Waals surface area contributed by atoms with E-state index in [0.29, 0.717) is 28.6 Å². The summed E-state index contributed by atoms with van der Waals surface area (Å²) in [5.74, 6) is 0.917. The summed E-state index contributed by atoms with van der Waals surface area (Å²) in [5.41, 5.74) is 5.50. The number of rotatable bonds is 8. The van der Waals surface area contributed by atoms with Gasteiger partial charge in [0.1, 0.15) is 18.1 Å². The van der Waals surface area contributed by atoms with Gasteiger partial charge in [-0.3, -0.25) is 4.79 Å². The quantitative estimate of drug-likeness (QED) is 0.161. The van der Waals surface area contributed by atoms with Crippen molar-refractivity contribution in [2.75, 3.05) is 17.2 Å². The van der Waals surface area contributed by atoms with E-state index in [1.807, 2.05) is 0 Å². The lowest BCUT2D eigenvalue weighted by Crippen LogP contribution is -2.22. The molecule has 1 aromatic heterocycles. The van der Waals surface area contributed by atoms with Gasteiger partial charge in [-0.2, -0.15) is 5.26 Å². The lowest BCUT2D eigenvalue weighted by Gasteiger charge is -2.24. The molecule has 1 fully saturated rings. The van der Waals surface area contributed by atoms with Gasteiger partial charge in [0, 0.05) is 35.8 Å². The highest BCUT2D eigenvalue weighted by Crippen LogP contribution is 2.38. The average molecular weight is 631 g/mol. The van der Waals surface area contributed by atoms with Gasteiger partial charge in [0.25, 0.3) is 5.91 Å². The molecular formula is C33H29F3N6O2S. The number of anilines is 1. The summed E-state index contributed by atoms with van der Waals surface area (Å²) in [6, 6.07) is 20.7. The number of nitrogens with one attached hydrogen (secondary N) is 1. The molecule has 0 saturated carbocycles. The van der Waals surface area contributed by atoms with Crippen molar-refractivity contribution in [3.05, 3.63) is 107 Å². The molecule has 0 atom stereocenters. The number of hydrogen-bond acceptors (Lipinski definition) is 7. The highest BCUT2D eigenvalue weighted by Gasteiger charge is 2.31. The van der Waals surface area contributed by atoms with Crippen LogP contribution in [-0.4, -0.2) is 39.3 Å². The topological polar surface area (TPSA) is 96.1 Å². The zero-order valence-electron chi connectivity index (χ0n) is 24.7. The molecule has 0 spiro atoms. The number of allylic oxidation sites excluding steroid dienone is 1. The molecule has 1 N–H and O–H groups in total. The summed E-state index contributed by atoms with van der Waals surface area (Å²) in [7, 11) is 0. The number of alkyl halides is 3. The predicted molar refractivity (Wildman–Crippen MR) is 168 cm³/mol. The Hall–Kier alpha value is -5.02. The average Bonchev–Trinajstić information content (AvgIpc) is 3.68. The fourth-order valence-electron chi connectivity index (χ4n) is 4.76. The van der Waals surface area contributed by atoms with Gasteiger partial charge in [-0.15, -0.1) is 30.0 Å². The van der Waals surface area contributed by atoms with Crippen molar-refractivity contribution < 1.29 is 22.7 Å². The van der Waals surface area contributed by atoms with Gasteiger partial charge in [-0.05, 0) is 59.9 Å². The molecule has 230 valence electrons. The van der Waals surface area contributed by atoms with Crippen LogP contribution in [0.1, 0.15) is 36.5 Å². The van der Waals surface area contributed by atoms with E-state index in [0.717, 1.165) is 28.6 Å². The van der Waals surface area contributed by atoms with Crippen molar-refractivity contribution >= 4 is 28.9 Å². The third-order valence-electron chi connectivity index (χ3n) is 6.94. The SMILES string of the molecule is Cc1ccc(C(C)C)c(N2CCS/C2=C\C(=O)N/C=C(\C#N)c2ccc(-c3ncn(-c4ccc(OC(F)(F)F)cc4)n3)cc2)c1. The molecule has 1 amide bonds. The second-order valence-corrected chi connectivity index (χ2v) is 11.6. The van der Waals surface area contributed by atoms with E-state index in [1.54, 1.807) is 42.1 Å². The molecule has 1 aliphatic heterocycles. The fraction of sp³-hybridized carbons (Fsp3) is 0.212. The van der Waals surface area contributed by atoms with Crippen molar-refractivity contribution in [3.63, 3.8) is 0 Å². The summed E-state index contributed by atoms with van der Waals surface area (Å²) < 4.78 is 42.6. The summed E-state index contributed by atoms with van der Waals surface area (Å²) in [6.07, 6.45) is -0.366. The normalized spacial score (nSPS) is 14.6. The Morgan fingerprint density at radius 2 is 1.84 bits per heavy atom. The molecule has 0 aliphatic carbocycles. The van der Waals surface area contributed by atoms with Crippen LogP contribution in [0.5, 0.6) is 5.75 Å². The Balaban J connectivity index is 1.26. The van der Waals surface area contributed by atoms with Crippen LogP contribution in [-0.2, 0) is 4.79 Å². The van der Waals surface area contributed by atoms with Crippen LogP contribution in [0.25, 0.3) is 22.6 Å². The van der Waals surface area contributed by atoms with Crippen LogP contribution in [0.3, 0.4) is 0 Å². The van der Waals surface area contributed by atoms with Gasteiger partial charge >= 0.3 is 6.36 Å². The number of carbonyl (C=O) groups excluding carboxylic acids is 1. The Bertz CT molecular complexity index is 1790. The Kier molecular flexibility index (Phi) is 9.29. The maximum Gasteiger partial charge on any atom is 0.573 e. The molecule has 0 bridgehead atoms. The highest BCUT2D eigenvalue weighted by atomic mass is 32.2. The molecule has 45 heavy (non-hydrogen) atoms. The maximum absolute atomic E-state index is 12.9. The van der Waals surface area contributed by atoms with E-state index in [4.69, 9.17) is 0 Å². The standard InChI is InChI=1S/C33H29F3N6O2S/c1-21(2)28-13-4-22(3)16-29(28)41-14-15-45-31(41)17-30(43)38-19-25(18-37)23-5-7-24(8-6-23)32-39-20-42(40-32)26-9-11-27(12-10-26)44-33(34,35)36/h4-13,16-17,19-21H,14-15H2,1-3H3,(H,38,43)/b25-19+,31-17-. The van der Waals surface area contributed by atoms with Gasteiger partial charge in [0.15, 0.2) is 5.82 Å². The first kappa shape index (κ1) is 31.4. The smallest absolute Gasteiger partial charge is 0.406 e. The van der Waals surface area contributed by atoms with Gasteiger partial charge in [0.2, 0.25) is 0 Å². The van der Waals surface area contributed by atoms with Gasteiger partial charge in [-0.25, -0.2) is 9.67 Å². The van der Waals surface area contributed by atoms with Crippen LogP contribution >= 0.6 is 11.8 Å². The summed E-state index contributed by atoms with van der Waals surface area (Å²) in [6.45, 7) is 7.16. The molecule has 2 heterocycles. The highest BCUT2D eigenvalue weighted by molar-refractivity contribution is 8.03. The molecule has 3 aromatic carbocycles. The number of amides is 1. The predicted octanol–water partition coefficient (Wildman–Crippen LogP) is 7.34. The number of aryl methyl sites for hydroxylation is 1. The zero-order chi connectivity index (χ0) is 32.1. The number of ether oxygens (including phenoxy) is 1. The van der Waals surface area contributed by atoms with E-state index in [2.05, 4.69) is 70.1 Å². The first-order valence-corrected chi connectivity index (χ1v) is 15.0. The molecule has 1 saturated heterocycles. The lowest BCUT2D eigenvalue weighted by atomic mass is 9.98. The molecule has 5 rings (SSSR count). The van der Waals surface area contributed by atoms with Crippen LogP contribution in [0.4, 0.5) is 18.9 Å². The molecule has 0 radical (unpaired) electrons. The molecule has 1 aliphatic rings. The number of nitrogens with zero attached hydrogens (tertiary/aromatic N) is 5. The minimum Gasteiger partial charge on any atom is -0.406 e. The Morgan fingerprint density at radius 3 is 2.51 bits per heavy atom. The number of nitriles is 1. The summed E-state index contributed by atoms with van der Waals surface area (Å²) in [5, 5.41) is 17.8. The minimum atomic E-state index is -4.77. The monoisotopic (exact) mass is 630 g/mol. The summed E-state index contributed by atoms with van der Waals surface area (Å²) >= 11 is 1.62. The first-order chi connectivity index (χ1) is 21.5. The maximum atomic E-state index is 12.9. The van der Waals surface area contributed by atoms with Crippen LogP contribution in [0.2, 0.25) is 0 Å². The number of halogens is 3. The van der Waals surface area contributed by atoms with Crippen molar-refractivity contribution in [2.24, 2.45) is 0 Å². The molecular weight excluding hydrogens is 601 g/mol. The number of aromatic nitrogens is 3. The largest absolute Gasteiger partial charge is 0.573 e. The third kappa shape index (κ3) is 7.74. The van der Waals surface area contributed by atoms with E-state index >= 15 is 0 Å². The molecule has 4 aromatic rings. The second-order valence-electron chi connectivity index (χ2n) is 10.5. The number of thioether (sulfide) groups is 1. The first-order valence-electron chi connectivity index (χ1n) is 14.0. The minimum absolute atomic E-state index is 0.268. The Morgan fingerprint density at radius 1 is 1.11 bits per heavy atom. The van der Waals surface area contributed by atoms with Gasteiger partial charge in [-0.1, -0.05) is 50.2 Å². The van der Waals surface area contributed by atoms with E-state index in [9.17, 15) is 23.2 Å². The number of carbonyl (C=O) groups is 1. The van der Waals surface area contributed by atoms with E-state index < -0.39 is 6.36 Å². The molecule has 8 nitrogen and oxygen atoms in total. The number of benzene rings is 3. The summed E-state index contributed by atoms with van der Waals surface area (Å²) in [4.78, 5) is 19.4. The second kappa shape index (κ2) is 13.3. The van der Waals surface area contributed by atoms with E-state index in [1.165, 1.54) is 47.0 Å². The van der Waals surface area contributed by atoms with Crippen LogP contribution in [0, 0.1) is 18.3 Å². The third-order valence-corrected chi connectivity index (χ3v) is 7.96. The van der Waals surface area contributed by atoms with E-state index in [-0.39, 0.29) is 17.2 Å². The Labute approximate surface area is 262 Å². The van der Waals surface area contributed by atoms with Crippen LogP contribution < -0.4 is 15.0 Å². The van der Waals surface area contributed by atoms with Crippen molar-refractivity contribution in [3.8, 4) is 28.9 Å². The molecule has 12 heteroatoms.